The quantitative estimate of drug-likeness (QED) is 0.154. The van der Waals surface area contributed by atoms with Crippen molar-refractivity contribution in [1.82, 2.24) is 24.6 Å². The molecule has 5 rings (SSSR count). The Bertz CT molecular complexity index is 1560. The molecule has 1 aliphatic heterocycles. The zero-order valence-electron chi connectivity index (χ0n) is 22.4. The number of thioether (sulfide) groups is 1. The highest BCUT2D eigenvalue weighted by molar-refractivity contribution is 7.98. The van der Waals surface area contributed by atoms with Crippen LogP contribution in [0.3, 0.4) is 0 Å². The SMILES string of the molecule is CCOC(=O)C1CCCN(C(=O)c2csc(CSc3nnc(-c4cccc(OC)c4)n3-c3cc(Cl)ccc3Cl)n2)C1. The summed E-state index contributed by atoms with van der Waals surface area (Å²) in [4.78, 5) is 31.7. The number of thiazole rings is 1. The first kappa shape index (κ1) is 29.4. The van der Waals surface area contributed by atoms with Crippen LogP contribution in [0.2, 0.25) is 10.0 Å². The Labute approximate surface area is 255 Å². The summed E-state index contributed by atoms with van der Waals surface area (Å²) in [5, 5.41) is 13.0. The number of aromatic nitrogens is 4. The van der Waals surface area contributed by atoms with Crippen molar-refractivity contribution in [2.75, 3.05) is 26.8 Å². The molecule has 0 N–H and O–H groups in total. The number of benzene rings is 2. The highest BCUT2D eigenvalue weighted by Gasteiger charge is 2.30. The van der Waals surface area contributed by atoms with E-state index in [1.165, 1.54) is 23.1 Å². The van der Waals surface area contributed by atoms with E-state index in [-0.39, 0.29) is 17.8 Å². The molecule has 2 aromatic carbocycles. The first-order chi connectivity index (χ1) is 19.9. The van der Waals surface area contributed by atoms with Crippen LogP contribution in [0.15, 0.2) is 53.0 Å². The number of ether oxygens (including phenoxy) is 2. The maximum absolute atomic E-state index is 13.2. The molecule has 0 saturated carbocycles. The predicted molar refractivity (Wildman–Crippen MR) is 160 cm³/mol. The van der Waals surface area contributed by atoms with Crippen LogP contribution in [-0.2, 0) is 15.3 Å². The van der Waals surface area contributed by atoms with Gasteiger partial charge < -0.3 is 14.4 Å². The van der Waals surface area contributed by atoms with Gasteiger partial charge in [0, 0.05) is 29.1 Å². The fourth-order valence-electron chi connectivity index (χ4n) is 4.56. The summed E-state index contributed by atoms with van der Waals surface area (Å²) >= 11 is 15.8. The number of carbonyl (C=O) groups excluding carboxylic acids is 2. The normalized spacial score (nSPS) is 15.1. The second-order valence-corrected chi connectivity index (χ2v) is 12.0. The van der Waals surface area contributed by atoms with Crippen molar-refractivity contribution in [1.29, 1.82) is 0 Å². The molecule has 1 aliphatic rings. The van der Waals surface area contributed by atoms with Gasteiger partial charge in [0.05, 0.1) is 36.1 Å². The number of hydrogen-bond acceptors (Lipinski definition) is 9. The number of halogens is 2. The zero-order chi connectivity index (χ0) is 28.9. The Hall–Kier alpha value is -3.12. The van der Waals surface area contributed by atoms with Crippen LogP contribution in [-0.4, -0.2) is 63.3 Å². The molecule has 1 saturated heterocycles. The van der Waals surface area contributed by atoms with Crippen LogP contribution in [0.1, 0.15) is 35.3 Å². The fourth-order valence-corrected chi connectivity index (χ4v) is 6.66. The Morgan fingerprint density at radius 2 is 2.02 bits per heavy atom. The summed E-state index contributed by atoms with van der Waals surface area (Å²) < 4.78 is 12.4. The lowest BCUT2D eigenvalue weighted by Crippen LogP contribution is -2.43. The summed E-state index contributed by atoms with van der Waals surface area (Å²) in [6, 6.07) is 12.7. The van der Waals surface area contributed by atoms with Crippen LogP contribution in [0.25, 0.3) is 17.1 Å². The van der Waals surface area contributed by atoms with E-state index in [1.54, 1.807) is 42.5 Å². The van der Waals surface area contributed by atoms with Gasteiger partial charge in [0.2, 0.25) is 0 Å². The van der Waals surface area contributed by atoms with E-state index in [9.17, 15) is 9.59 Å². The fraction of sp³-hybridized carbons (Fsp3) is 0.321. The molecule has 1 unspecified atom stereocenters. The van der Waals surface area contributed by atoms with Crippen molar-refractivity contribution in [3.8, 4) is 22.8 Å². The highest BCUT2D eigenvalue weighted by Crippen LogP contribution is 2.35. The molecule has 2 aromatic heterocycles. The minimum atomic E-state index is -0.301. The summed E-state index contributed by atoms with van der Waals surface area (Å²) in [5.74, 6) is 0.984. The van der Waals surface area contributed by atoms with Crippen LogP contribution in [0.4, 0.5) is 0 Å². The van der Waals surface area contributed by atoms with Crippen molar-refractivity contribution in [2.45, 2.75) is 30.7 Å². The van der Waals surface area contributed by atoms with Gasteiger partial charge in [-0.2, -0.15) is 0 Å². The third-order valence-electron chi connectivity index (χ3n) is 6.53. The molecule has 1 amide bonds. The molecule has 0 spiro atoms. The third-order valence-corrected chi connectivity index (χ3v) is 9.06. The molecule has 4 aromatic rings. The molecule has 0 bridgehead atoms. The first-order valence-corrected chi connectivity index (χ1v) is 15.6. The molecule has 0 radical (unpaired) electrons. The molecule has 214 valence electrons. The molecule has 9 nitrogen and oxygen atoms in total. The number of amides is 1. The van der Waals surface area contributed by atoms with E-state index < -0.39 is 0 Å². The minimum absolute atomic E-state index is 0.180. The van der Waals surface area contributed by atoms with Gasteiger partial charge in [-0.1, -0.05) is 47.1 Å². The third kappa shape index (κ3) is 6.69. The largest absolute Gasteiger partial charge is 0.497 e. The second-order valence-electron chi connectivity index (χ2n) is 9.23. The van der Waals surface area contributed by atoms with Crippen LogP contribution >= 0.6 is 46.3 Å². The Kier molecular flexibility index (Phi) is 9.49. The van der Waals surface area contributed by atoms with Gasteiger partial charge in [0.1, 0.15) is 16.5 Å². The van der Waals surface area contributed by atoms with Gasteiger partial charge in [0.15, 0.2) is 11.0 Å². The maximum atomic E-state index is 13.2. The number of carbonyl (C=O) groups is 2. The molecule has 1 fully saturated rings. The molecule has 1 atom stereocenters. The Balaban J connectivity index is 1.36. The number of rotatable bonds is 9. The van der Waals surface area contributed by atoms with Crippen LogP contribution < -0.4 is 4.74 Å². The average molecular weight is 633 g/mol. The van der Waals surface area contributed by atoms with E-state index in [0.29, 0.717) is 63.6 Å². The van der Waals surface area contributed by atoms with E-state index >= 15 is 0 Å². The van der Waals surface area contributed by atoms with Crippen molar-refractivity contribution >= 4 is 58.2 Å². The van der Waals surface area contributed by atoms with Gasteiger partial charge in [-0.05, 0) is 50.1 Å². The monoisotopic (exact) mass is 631 g/mol. The van der Waals surface area contributed by atoms with Gasteiger partial charge in [-0.15, -0.1) is 21.5 Å². The first-order valence-electron chi connectivity index (χ1n) is 13.0. The average Bonchev–Trinajstić information content (AvgIpc) is 3.64. The smallest absolute Gasteiger partial charge is 0.310 e. The number of likely N-dealkylation sites (tertiary alicyclic amines) is 1. The topological polar surface area (TPSA) is 99.4 Å². The maximum Gasteiger partial charge on any atom is 0.310 e. The molecule has 3 heterocycles. The number of piperidine rings is 1. The van der Waals surface area contributed by atoms with Crippen LogP contribution in [0, 0.1) is 5.92 Å². The van der Waals surface area contributed by atoms with Gasteiger partial charge in [0.25, 0.3) is 5.91 Å². The zero-order valence-corrected chi connectivity index (χ0v) is 25.5. The highest BCUT2D eigenvalue weighted by atomic mass is 35.5. The number of methoxy groups -OCH3 is 1. The van der Waals surface area contributed by atoms with Gasteiger partial charge in [-0.3, -0.25) is 14.2 Å². The van der Waals surface area contributed by atoms with Crippen molar-refractivity contribution in [3.05, 3.63) is 68.6 Å². The second kappa shape index (κ2) is 13.2. The van der Waals surface area contributed by atoms with Crippen molar-refractivity contribution < 1.29 is 19.1 Å². The van der Waals surface area contributed by atoms with Gasteiger partial charge >= 0.3 is 5.97 Å². The van der Waals surface area contributed by atoms with E-state index in [4.69, 9.17) is 32.7 Å². The molecule has 13 heteroatoms. The van der Waals surface area contributed by atoms with Crippen LogP contribution in [0.5, 0.6) is 5.75 Å². The summed E-state index contributed by atoms with van der Waals surface area (Å²) in [5.41, 5.74) is 1.80. The van der Waals surface area contributed by atoms with Crippen molar-refractivity contribution in [3.63, 3.8) is 0 Å². The Morgan fingerprint density at radius 3 is 2.83 bits per heavy atom. The number of hydrogen-bond donors (Lipinski definition) is 0. The lowest BCUT2D eigenvalue weighted by molar-refractivity contribution is -0.149. The Morgan fingerprint density at radius 1 is 1.17 bits per heavy atom. The predicted octanol–water partition coefficient (Wildman–Crippen LogP) is 6.41. The van der Waals surface area contributed by atoms with E-state index in [1.807, 2.05) is 28.8 Å². The molecular formula is C28H27Cl2N5O4S2. The molecule has 41 heavy (non-hydrogen) atoms. The number of nitrogens with zero attached hydrogens (tertiary/aromatic N) is 5. The molecule has 0 aliphatic carbocycles. The van der Waals surface area contributed by atoms with E-state index in [2.05, 4.69) is 15.2 Å². The summed E-state index contributed by atoms with van der Waals surface area (Å²) in [6.45, 7) is 3.04. The van der Waals surface area contributed by atoms with Crippen molar-refractivity contribution in [2.24, 2.45) is 5.92 Å². The molecular weight excluding hydrogens is 605 g/mol. The lowest BCUT2D eigenvalue weighted by atomic mass is 9.98. The summed E-state index contributed by atoms with van der Waals surface area (Å²) in [6.07, 6.45) is 1.47. The summed E-state index contributed by atoms with van der Waals surface area (Å²) in [7, 11) is 1.61. The standard InChI is InChI=1S/C28H27Cl2N5O4S2/c1-3-39-27(37)18-7-5-11-34(14-18)26(36)22-15-40-24(31-22)16-41-28-33-32-25(17-6-4-8-20(12-17)38-2)35(28)23-13-19(29)9-10-21(23)30/h4,6,8-10,12-13,15,18H,3,5,7,11,14,16H2,1-2H3. The van der Waals surface area contributed by atoms with E-state index in [0.717, 1.165) is 23.4 Å². The number of esters is 1. The minimum Gasteiger partial charge on any atom is -0.497 e. The lowest BCUT2D eigenvalue weighted by Gasteiger charge is -2.31. The van der Waals surface area contributed by atoms with Gasteiger partial charge in [-0.25, -0.2) is 4.98 Å².